The molecule has 4 nitrogen and oxygen atoms in total. The van der Waals surface area contributed by atoms with Gasteiger partial charge in [-0.3, -0.25) is 9.59 Å². The van der Waals surface area contributed by atoms with E-state index in [1.54, 1.807) is 6.08 Å². The molecule has 25 heavy (non-hydrogen) atoms. The van der Waals surface area contributed by atoms with E-state index in [0.717, 1.165) is 57.8 Å². The molecule has 0 bridgehead atoms. The maximum Gasteiger partial charge on any atom is 0.324 e. The molecule has 2 fully saturated rings. The number of allylic oxidation sites excluding steroid dienone is 1. The van der Waals surface area contributed by atoms with Gasteiger partial charge >= 0.3 is 11.9 Å². The van der Waals surface area contributed by atoms with Crippen LogP contribution in [0.5, 0.6) is 0 Å². The molecular weight excluding hydrogens is 316 g/mol. The fourth-order valence-electron chi connectivity index (χ4n) is 4.12. The van der Waals surface area contributed by atoms with Gasteiger partial charge in [0, 0.05) is 0 Å². The lowest BCUT2D eigenvalue weighted by atomic mass is 9.79. The van der Waals surface area contributed by atoms with E-state index < -0.39 is 17.4 Å². The SMILES string of the molecule is C=CCC(CCC)(C(=O)OC1CCCCC1)C(=O)OC1CCCCC1. The minimum absolute atomic E-state index is 0.0511. The molecule has 2 saturated carbocycles. The fourth-order valence-corrected chi connectivity index (χ4v) is 4.12. The third kappa shape index (κ3) is 5.32. The Morgan fingerprint density at radius 2 is 1.36 bits per heavy atom. The van der Waals surface area contributed by atoms with E-state index in [-0.39, 0.29) is 18.6 Å². The van der Waals surface area contributed by atoms with Crippen molar-refractivity contribution in [2.24, 2.45) is 5.41 Å². The summed E-state index contributed by atoms with van der Waals surface area (Å²) in [7, 11) is 0. The lowest BCUT2D eigenvalue weighted by Gasteiger charge is -2.33. The summed E-state index contributed by atoms with van der Waals surface area (Å²) < 4.78 is 11.6. The monoisotopic (exact) mass is 350 g/mol. The van der Waals surface area contributed by atoms with Crippen LogP contribution in [0.3, 0.4) is 0 Å². The van der Waals surface area contributed by atoms with E-state index in [9.17, 15) is 9.59 Å². The highest BCUT2D eigenvalue weighted by molar-refractivity contribution is 6.00. The number of rotatable bonds is 8. The molecule has 0 aromatic heterocycles. The maximum atomic E-state index is 13.0. The Labute approximate surface area is 152 Å². The van der Waals surface area contributed by atoms with Crippen molar-refractivity contribution in [3.8, 4) is 0 Å². The van der Waals surface area contributed by atoms with Crippen LogP contribution in [-0.2, 0) is 19.1 Å². The first-order valence-corrected chi connectivity index (χ1v) is 10.2. The molecule has 0 spiro atoms. The zero-order chi connectivity index (χ0) is 18.1. The number of ether oxygens (including phenoxy) is 2. The molecule has 0 N–H and O–H groups in total. The van der Waals surface area contributed by atoms with Gasteiger partial charge in [0.05, 0.1) is 0 Å². The van der Waals surface area contributed by atoms with Gasteiger partial charge < -0.3 is 9.47 Å². The van der Waals surface area contributed by atoms with E-state index >= 15 is 0 Å². The van der Waals surface area contributed by atoms with Crippen molar-refractivity contribution in [2.45, 2.75) is 103 Å². The molecule has 142 valence electrons. The van der Waals surface area contributed by atoms with Crippen LogP contribution >= 0.6 is 0 Å². The van der Waals surface area contributed by atoms with Crippen LogP contribution in [0.2, 0.25) is 0 Å². The van der Waals surface area contributed by atoms with Crippen LogP contribution in [0.25, 0.3) is 0 Å². The largest absolute Gasteiger partial charge is 0.462 e. The smallest absolute Gasteiger partial charge is 0.324 e. The van der Waals surface area contributed by atoms with Gasteiger partial charge in [-0.15, -0.1) is 6.58 Å². The molecule has 2 aliphatic rings. The van der Waals surface area contributed by atoms with Gasteiger partial charge in [-0.25, -0.2) is 0 Å². The lowest BCUT2D eigenvalue weighted by molar-refractivity contribution is -0.181. The average Bonchev–Trinajstić information content (AvgIpc) is 2.63. The maximum absolute atomic E-state index is 13.0. The minimum Gasteiger partial charge on any atom is -0.462 e. The first-order chi connectivity index (χ1) is 12.1. The zero-order valence-electron chi connectivity index (χ0n) is 15.8. The van der Waals surface area contributed by atoms with E-state index in [1.807, 2.05) is 6.92 Å². The molecule has 0 unspecified atom stereocenters. The summed E-state index contributed by atoms with van der Waals surface area (Å²) in [5.74, 6) is -0.802. The highest BCUT2D eigenvalue weighted by atomic mass is 16.6. The molecule has 0 aromatic carbocycles. The second-order valence-electron chi connectivity index (χ2n) is 7.66. The van der Waals surface area contributed by atoms with Crippen molar-refractivity contribution in [1.29, 1.82) is 0 Å². The summed E-state index contributed by atoms with van der Waals surface area (Å²) in [6.07, 6.45) is 13.4. The van der Waals surface area contributed by atoms with Crippen molar-refractivity contribution >= 4 is 11.9 Å². The summed E-state index contributed by atoms with van der Waals surface area (Å²) in [6.45, 7) is 5.76. The van der Waals surface area contributed by atoms with Crippen LogP contribution < -0.4 is 0 Å². The van der Waals surface area contributed by atoms with Crippen LogP contribution in [0.4, 0.5) is 0 Å². The Morgan fingerprint density at radius 3 is 1.72 bits per heavy atom. The number of hydrogen-bond acceptors (Lipinski definition) is 4. The quantitative estimate of drug-likeness (QED) is 0.347. The van der Waals surface area contributed by atoms with Gasteiger partial charge in [-0.2, -0.15) is 0 Å². The predicted molar refractivity (Wildman–Crippen MR) is 98.1 cm³/mol. The standard InChI is InChI=1S/C21H34O4/c1-3-15-21(16-4-2,19(22)24-17-11-7-5-8-12-17)20(23)25-18-13-9-6-10-14-18/h3,17-18H,1,4-16H2,2H3. The molecule has 0 atom stereocenters. The molecular formula is C21H34O4. The topological polar surface area (TPSA) is 52.6 Å². The third-order valence-electron chi connectivity index (χ3n) is 5.60. The van der Waals surface area contributed by atoms with Crippen LogP contribution in [0.1, 0.15) is 90.4 Å². The van der Waals surface area contributed by atoms with Crippen molar-refractivity contribution in [3.63, 3.8) is 0 Å². The molecule has 0 aliphatic heterocycles. The van der Waals surface area contributed by atoms with Crippen molar-refractivity contribution < 1.29 is 19.1 Å². The van der Waals surface area contributed by atoms with E-state index in [0.29, 0.717) is 6.42 Å². The van der Waals surface area contributed by atoms with Crippen LogP contribution in [-0.4, -0.2) is 24.1 Å². The molecule has 2 aliphatic carbocycles. The van der Waals surface area contributed by atoms with Crippen LogP contribution in [0.15, 0.2) is 12.7 Å². The molecule has 0 radical (unpaired) electrons. The summed E-state index contributed by atoms with van der Waals surface area (Å²) in [4.78, 5) is 26.1. The Balaban J connectivity index is 2.10. The Kier molecular flexibility index (Phi) is 7.98. The summed E-state index contributed by atoms with van der Waals surface area (Å²) in [5, 5.41) is 0. The summed E-state index contributed by atoms with van der Waals surface area (Å²) in [6, 6.07) is 0. The highest BCUT2D eigenvalue weighted by Gasteiger charge is 2.48. The van der Waals surface area contributed by atoms with Gasteiger partial charge in [-0.05, 0) is 64.2 Å². The minimum atomic E-state index is -1.22. The number of carbonyl (C=O) groups is 2. The van der Waals surface area contributed by atoms with E-state index in [2.05, 4.69) is 6.58 Å². The Bertz CT molecular complexity index is 413. The lowest BCUT2D eigenvalue weighted by Crippen LogP contribution is -2.44. The molecule has 0 amide bonds. The molecule has 4 heteroatoms. The predicted octanol–water partition coefficient (Wildman–Crippen LogP) is 5.10. The average molecular weight is 350 g/mol. The zero-order valence-corrected chi connectivity index (χ0v) is 15.8. The normalized spacial score (nSPS) is 20.0. The second kappa shape index (κ2) is 9.98. The second-order valence-corrected chi connectivity index (χ2v) is 7.66. The molecule has 0 saturated heterocycles. The molecule has 2 rings (SSSR count). The number of carbonyl (C=O) groups excluding carboxylic acids is 2. The van der Waals surface area contributed by atoms with Crippen molar-refractivity contribution in [2.75, 3.05) is 0 Å². The van der Waals surface area contributed by atoms with Gasteiger partial charge in [-0.1, -0.05) is 32.3 Å². The van der Waals surface area contributed by atoms with Crippen molar-refractivity contribution in [1.82, 2.24) is 0 Å². The fraction of sp³-hybridized carbons (Fsp3) is 0.810. The Morgan fingerprint density at radius 1 is 0.920 bits per heavy atom. The first-order valence-electron chi connectivity index (χ1n) is 10.2. The Hall–Kier alpha value is -1.32. The summed E-state index contributed by atoms with van der Waals surface area (Å²) >= 11 is 0. The van der Waals surface area contributed by atoms with E-state index in [1.165, 1.54) is 12.8 Å². The first kappa shape index (κ1) is 20.0. The van der Waals surface area contributed by atoms with Gasteiger partial charge in [0.1, 0.15) is 12.2 Å². The van der Waals surface area contributed by atoms with Gasteiger partial charge in [0.25, 0.3) is 0 Å². The molecule has 0 heterocycles. The van der Waals surface area contributed by atoms with Crippen molar-refractivity contribution in [3.05, 3.63) is 12.7 Å². The van der Waals surface area contributed by atoms with Gasteiger partial charge in [0.15, 0.2) is 5.41 Å². The molecule has 0 aromatic rings. The summed E-state index contributed by atoms with van der Waals surface area (Å²) in [5.41, 5.74) is -1.22. The number of esters is 2. The van der Waals surface area contributed by atoms with Crippen LogP contribution in [0, 0.1) is 5.41 Å². The number of hydrogen-bond donors (Lipinski definition) is 0. The van der Waals surface area contributed by atoms with Gasteiger partial charge in [0.2, 0.25) is 0 Å². The highest BCUT2D eigenvalue weighted by Crippen LogP contribution is 2.36. The third-order valence-corrected chi connectivity index (χ3v) is 5.60. The van der Waals surface area contributed by atoms with E-state index in [4.69, 9.17) is 9.47 Å².